The second-order valence-corrected chi connectivity index (χ2v) is 16.9. The number of halogens is 1. The maximum atomic E-state index is 4.57. The predicted octanol–water partition coefficient (Wildman–Crippen LogP) is 7.31. The summed E-state index contributed by atoms with van der Waals surface area (Å²) in [6, 6.07) is 43.9. The summed E-state index contributed by atoms with van der Waals surface area (Å²) in [7, 11) is 2.28. The van der Waals surface area contributed by atoms with E-state index in [1.165, 1.54) is 21.7 Å². The molecule has 0 aliphatic rings. The van der Waals surface area contributed by atoms with Gasteiger partial charge in [-0.2, -0.15) is 0 Å². The van der Waals surface area contributed by atoms with Crippen LogP contribution >= 0.6 is 20.9 Å². The molecule has 1 unspecified atom stereocenters. The molecule has 4 rings (SSSR count). The van der Waals surface area contributed by atoms with Crippen molar-refractivity contribution in [3.63, 3.8) is 0 Å². The molecule has 158 valence electrons. The van der Waals surface area contributed by atoms with Crippen LogP contribution in [0.1, 0.15) is 24.1 Å². The molecule has 0 saturated heterocycles. The van der Waals surface area contributed by atoms with Crippen LogP contribution in [0.3, 0.4) is 0 Å². The molecule has 4 aromatic carbocycles. The molecule has 0 N–H and O–H groups in total. The molecule has 0 amide bonds. The standard InChI is InChI=1S/C28H29BrNP/c1-24(26-17-9-4-10-18-26)30(2)31(29,27-19-11-5-12-20-27,28-21-13-6-14-22-28)23-25-15-7-3-8-16-25/h3-22,24H,23H2,1-2H3. The van der Waals surface area contributed by atoms with Crippen molar-refractivity contribution in [1.82, 2.24) is 4.67 Å². The van der Waals surface area contributed by atoms with Gasteiger partial charge in [0.05, 0.1) is 0 Å². The van der Waals surface area contributed by atoms with E-state index < -0.39 is 5.46 Å². The number of rotatable bonds is 7. The first kappa shape index (κ1) is 22.0. The zero-order valence-corrected chi connectivity index (χ0v) is 20.6. The zero-order chi connectivity index (χ0) is 21.8. The minimum absolute atomic E-state index is 0.224. The Balaban J connectivity index is 2.00. The van der Waals surface area contributed by atoms with Crippen molar-refractivity contribution in [1.29, 1.82) is 0 Å². The van der Waals surface area contributed by atoms with E-state index in [-0.39, 0.29) is 6.04 Å². The Kier molecular flexibility index (Phi) is 6.44. The molecule has 0 fully saturated rings. The van der Waals surface area contributed by atoms with Crippen LogP contribution in [-0.4, -0.2) is 11.7 Å². The van der Waals surface area contributed by atoms with Crippen molar-refractivity contribution in [3.05, 3.63) is 132 Å². The minimum atomic E-state index is -3.01. The molecule has 31 heavy (non-hydrogen) atoms. The summed E-state index contributed by atoms with van der Waals surface area (Å²) >= 11 is 4.57. The molecular weight excluding hydrogens is 461 g/mol. The third-order valence-corrected chi connectivity index (χ3v) is 16.4. The molecule has 0 spiro atoms. The van der Waals surface area contributed by atoms with Crippen LogP contribution < -0.4 is 10.6 Å². The first-order chi connectivity index (χ1) is 15.0. The maximum absolute atomic E-state index is 4.57. The zero-order valence-electron chi connectivity index (χ0n) is 18.1. The predicted molar refractivity (Wildman–Crippen MR) is 141 cm³/mol. The molecule has 3 heteroatoms. The van der Waals surface area contributed by atoms with Crippen molar-refractivity contribution in [2.24, 2.45) is 0 Å². The molecule has 0 bridgehead atoms. The van der Waals surface area contributed by atoms with E-state index in [1.54, 1.807) is 0 Å². The normalized spacial score (nSPS) is 14.0. The molecule has 0 heterocycles. The number of hydrogen-bond donors (Lipinski definition) is 0. The van der Waals surface area contributed by atoms with Gasteiger partial charge in [-0.3, -0.25) is 0 Å². The Bertz CT molecular complexity index is 1060. The van der Waals surface area contributed by atoms with Gasteiger partial charge in [-0.25, -0.2) is 0 Å². The molecule has 0 aliphatic heterocycles. The van der Waals surface area contributed by atoms with Crippen molar-refractivity contribution >= 4 is 31.6 Å². The fourth-order valence-electron chi connectivity index (χ4n) is 4.49. The summed E-state index contributed by atoms with van der Waals surface area (Å²) in [4.78, 5) is 0. The van der Waals surface area contributed by atoms with E-state index in [9.17, 15) is 0 Å². The molecule has 0 aliphatic carbocycles. The van der Waals surface area contributed by atoms with E-state index in [2.05, 4.69) is 155 Å². The van der Waals surface area contributed by atoms with Crippen LogP contribution in [0.2, 0.25) is 0 Å². The summed E-state index contributed by atoms with van der Waals surface area (Å²) in [6.07, 6.45) is 0.911. The van der Waals surface area contributed by atoms with Crippen molar-refractivity contribution < 1.29 is 0 Å². The number of hydrogen-bond acceptors (Lipinski definition) is 1. The van der Waals surface area contributed by atoms with Crippen molar-refractivity contribution in [2.45, 2.75) is 19.1 Å². The van der Waals surface area contributed by atoms with Gasteiger partial charge in [-0.1, -0.05) is 0 Å². The number of nitrogens with zero attached hydrogens (tertiary/aromatic N) is 1. The topological polar surface area (TPSA) is 3.24 Å². The van der Waals surface area contributed by atoms with Crippen LogP contribution in [0.4, 0.5) is 0 Å². The van der Waals surface area contributed by atoms with E-state index in [1.807, 2.05) is 0 Å². The second kappa shape index (κ2) is 9.09. The van der Waals surface area contributed by atoms with Crippen LogP contribution in [0.25, 0.3) is 0 Å². The van der Waals surface area contributed by atoms with Crippen LogP contribution in [-0.2, 0) is 6.16 Å². The summed E-state index contributed by atoms with van der Waals surface area (Å²) in [5, 5.41) is 2.68. The Hall–Kier alpha value is -2.25. The Morgan fingerprint density at radius 1 is 0.645 bits per heavy atom. The summed E-state index contributed by atoms with van der Waals surface area (Å²) in [5.74, 6) is 0. The summed E-state index contributed by atoms with van der Waals surface area (Å²) in [5.41, 5.74) is -0.364. The second-order valence-electron chi connectivity index (χ2n) is 8.11. The van der Waals surface area contributed by atoms with E-state index >= 15 is 0 Å². The van der Waals surface area contributed by atoms with Gasteiger partial charge in [-0.05, 0) is 0 Å². The third kappa shape index (κ3) is 4.01. The van der Waals surface area contributed by atoms with Gasteiger partial charge >= 0.3 is 195 Å². The van der Waals surface area contributed by atoms with Crippen molar-refractivity contribution in [2.75, 3.05) is 7.05 Å². The molecule has 0 radical (unpaired) electrons. The Morgan fingerprint density at radius 3 is 1.48 bits per heavy atom. The van der Waals surface area contributed by atoms with Gasteiger partial charge in [0.25, 0.3) is 0 Å². The van der Waals surface area contributed by atoms with E-state index in [0.29, 0.717) is 0 Å². The third-order valence-electron chi connectivity index (χ3n) is 6.38. The summed E-state index contributed by atoms with van der Waals surface area (Å²) in [6.45, 7) is 2.31. The van der Waals surface area contributed by atoms with Gasteiger partial charge in [-0.15, -0.1) is 0 Å². The Labute approximate surface area is 194 Å². The molecule has 1 atom stereocenters. The van der Waals surface area contributed by atoms with Crippen LogP contribution in [0, 0.1) is 0 Å². The average molecular weight is 490 g/mol. The summed E-state index contributed by atoms with van der Waals surface area (Å²) < 4.78 is 2.61. The van der Waals surface area contributed by atoms with Gasteiger partial charge in [0.1, 0.15) is 0 Å². The first-order valence-corrected chi connectivity index (χ1v) is 15.1. The molecule has 1 nitrogen and oxygen atoms in total. The average Bonchev–Trinajstić information content (AvgIpc) is 2.85. The fourth-order valence-corrected chi connectivity index (χ4v) is 12.5. The monoisotopic (exact) mass is 489 g/mol. The molecule has 4 aromatic rings. The SMILES string of the molecule is CC(c1ccccc1)N(C)P(Br)(Cc1ccccc1)(c1ccccc1)c1ccccc1. The molecule has 0 saturated carbocycles. The molecular formula is C28H29BrNP. The van der Waals surface area contributed by atoms with Gasteiger partial charge in [0, 0.05) is 0 Å². The van der Waals surface area contributed by atoms with E-state index in [0.717, 1.165) is 6.16 Å². The van der Waals surface area contributed by atoms with Gasteiger partial charge in [0.2, 0.25) is 0 Å². The van der Waals surface area contributed by atoms with Crippen molar-refractivity contribution in [3.8, 4) is 0 Å². The fraction of sp³-hybridized carbons (Fsp3) is 0.143. The first-order valence-electron chi connectivity index (χ1n) is 10.7. The van der Waals surface area contributed by atoms with Gasteiger partial charge < -0.3 is 0 Å². The quantitative estimate of drug-likeness (QED) is 0.246. The van der Waals surface area contributed by atoms with Crippen LogP contribution in [0.15, 0.2) is 121 Å². The number of benzene rings is 4. The van der Waals surface area contributed by atoms with E-state index in [4.69, 9.17) is 0 Å². The Morgan fingerprint density at radius 2 is 1.03 bits per heavy atom. The van der Waals surface area contributed by atoms with Crippen LogP contribution in [0.5, 0.6) is 0 Å². The van der Waals surface area contributed by atoms with Gasteiger partial charge in [0.15, 0.2) is 0 Å². The molecule has 0 aromatic heterocycles.